The first kappa shape index (κ1) is 13.4. The number of carbonyl (C=O) groups is 1. The van der Waals surface area contributed by atoms with E-state index in [1.807, 2.05) is 12.1 Å². The first-order chi connectivity index (χ1) is 8.08. The molecule has 1 aromatic carbocycles. The number of aryl methyl sites for hydroxylation is 1. The Hall–Kier alpha value is -1.71. The van der Waals surface area contributed by atoms with Gasteiger partial charge < -0.3 is 16.4 Å². The van der Waals surface area contributed by atoms with Crippen LogP contribution in [0.5, 0.6) is 0 Å². The van der Waals surface area contributed by atoms with E-state index < -0.39 is 0 Å². The summed E-state index contributed by atoms with van der Waals surface area (Å²) >= 11 is 0. The maximum absolute atomic E-state index is 10.8. The minimum atomic E-state index is -0.269. The highest BCUT2D eigenvalue weighted by Crippen LogP contribution is 2.21. The molecule has 0 spiro atoms. The molecule has 0 aliphatic heterocycles. The van der Waals surface area contributed by atoms with Crippen LogP contribution in [0.3, 0.4) is 0 Å². The van der Waals surface area contributed by atoms with Crippen molar-refractivity contribution in [2.24, 2.45) is 5.73 Å². The van der Waals surface area contributed by atoms with E-state index in [0.717, 1.165) is 29.9 Å². The lowest BCUT2D eigenvalue weighted by Gasteiger charge is -2.23. The van der Waals surface area contributed by atoms with E-state index in [1.54, 1.807) is 0 Å². The van der Waals surface area contributed by atoms with E-state index in [2.05, 4.69) is 24.8 Å². The van der Waals surface area contributed by atoms with Crippen molar-refractivity contribution in [3.8, 4) is 0 Å². The molecule has 17 heavy (non-hydrogen) atoms. The van der Waals surface area contributed by atoms with Crippen LogP contribution in [-0.2, 0) is 11.2 Å². The first-order valence-electron chi connectivity index (χ1n) is 6.00. The fourth-order valence-corrected chi connectivity index (χ4v) is 1.81. The average Bonchev–Trinajstić information content (AvgIpc) is 2.31. The van der Waals surface area contributed by atoms with Crippen molar-refractivity contribution in [1.82, 2.24) is 0 Å². The summed E-state index contributed by atoms with van der Waals surface area (Å²) in [5.74, 6) is -0.269. The fraction of sp³-hybridized carbons (Fsp3) is 0.462. The Kier molecular flexibility index (Phi) is 4.82. The third kappa shape index (κ3) is 3.66. The number of hydrogen-bond acceptors (Lipinski definition) is 3. The normalized spacial score (nSPS) is 10.2. The maximum atomic E-state index is 10.8. The highest BCUT2D eigenvalue weighted by atomic mass is 16.1. The van der Waals surface area contributed by atoms with Gasteiger partial charge in [0, 0.05) is 30.9 Å². The van der Waals surface area contributed by atoms with Crippen molar-refractivity contribution in [2.75, 3.05) is 23.7 Å². The van der Waals surface area contributed by atoms with Gasteiger partial charge in [-0.25, -0.2) is 0 Å². The summed E-state index contributed by atoms with van der Waals surface area (Å²) in [6, 6.07) is 5.99. The summed E-state index contributed by atoms with van der Waals surface area (Å²) in [7, 11) is 0. The molecule has 0 saturated heterocycles. The predicted molar refractivity (Wildman–Crippen MR) is 71.9 cm³/mol. The number of benzene rings is 1. The molecule has 1 amide bonds. The Bertz CT molecular complexity index is 390. The van der Waals surface area contributed by atoms with Gasteiger partial charge >= 0.3 is 0 Å². The van der Waals surface area contributed by atoms with Gasteiger partial charge in [0.15, 0.2) is 0 Å². The second-order valence-corrected chi connectivity index (χ2v) is 4.03. The molecule has 0 aromatic heterocycles. The Labute approximate surface area is 103 Å². The van der Waals surface area contributed by atoms with Crippen LogP contribution < -0.4 is 16.4 Å². The van der Waals surface area contributed by atoms with Crippen LogP contribution in [0.1, 0.15) is 25.8 Å². The van der Waals surface area contributed by atoms with E-state index >= 15 is 0 Å². The van der Waals surface area contributed by atoms with Gasteiger partial charge in [-0.1, -0.05) is 6.92 Å². The summed E-state index contributed by atoms with van der Waals surface area (Å²) < 4.78 is 0. The number of rotatable bonds is 6. The molecule has 0 unspecified atom stereocenters. The SMILES string of the molecule is CCc1cc(N(CC)CCC(N)=O)ccc1N. The largest absolute Gasteiger partial charge is 0.399 e. The summed E-state index contributed by atoms with van der Waals surface area (Å²) in [6.45, 7) is 5.64. The lowest BCUT2D eigenvalue weighted by Crippen LogP contribution is -2.27. The van der Waals surface area contributed by atoms with Gasteiger partial charge in [0.2, 0.25) is 5.91 Å². The van der Waals surface area contributed by atoms with Gasteiger partial charge in [0.05, 0.1) is 0 Å². The third-order valence-corrected chi connectivity index (χ3v) is 2.88. The molecule has 94 valence electrons. The number of carbonyl (C=O) groups excluding carboxylic acids is 1. The molecule has 0 saturated carbocycles. The Morgan fingerprint density at radius 3 is 2.59 bits per heavy atom. The number of anilines is 2. The maximum Gasteiger partial charge on any atom is 0.219 e. The van der Waals surface area contributed by atoms with E-state index in [9.17, 15) is 4.79 Å². The summed E-state index contributed by atoms with van der Waals surface area (Å²) in [4.78, 5) is 12.9. The number of amides is 1. The fourth-order valence-electron chi connectivity index (χ4n) is 1.81. The molecule has 4 nitrogen and oxygen atoms in total. The summed E-state index contributed by atoms with van der Waals surface area (Å²) in [5.41, 5.74) is 14.1. The Morgan fingerprint density at radius 2 is 2.06 bits per heavy atom. The quantitative estimate of drug-likeness (QED) is 0.734. The molecule has 0 aliphatic rings. The van der Waals surface area contributed by atoms with Crippen molar-refractivity contribution in [2.45, 2.75) is 26.7 Å². The zero-order valence-corrected chi connectivity index (χ0v) is 10.6. The van der Waals surface area contributed by atoms with Gasteiger partial charge in [-0.15, -0.1) is 0 Å². The molecule has 1 aromatic rings. The van der Waals surface area contributed by atoms with Crippen LogP contribution >= 0.6 is 0 Å². The van der Waals surface area contributed by atoms with E-state index in [0.29, 0.717) is 13.0 Å². The van der Waals surface area contributed by atoms with Crippen LogP contribution in [-0.4, -0.2) is 19.0 Å². The minimum Gasteiger partial charge on any atom is -0.399 e. The smallest absolute Gasteiger partial charge is 0.219 e. The summed E-state index contributed by atoms with van der Waals surface area (Å²) in [5, 5.41) is 0. The second kappa shape index (κ2) is 6.13. The molecular weight excluding hydrogens is 214 g/mol. The van der Waals surface area contributed by atoms with Crippen molar-refractivity contribution in [3.05, 3.63) is 23.8 Å². The number of nitrogens with two attached hydrogens (primary N) is 2. The molecule has 0 bridgehead atoms. The molecule has 0 radical (unpaired) electrons. The molecule has 0 atom stereocenters. The molecule has 4 N–H and O–H groups in total. The van der Waals surface area contributed by atoms with E-state index in [-0.39, 0.29) is 5.91 Å². The number of nitrogens with zero attached hydrogens (tertiary/aromatic N) is 1. The molecule has 0 heterocycles. The van der Waals surface area contributed by atoms with Crippen molar-refractivity contribution in [3.63, 3.8) is 0 Å². The molecule has 4 heteroatoms. The van der Waals surface area contributed by atoms with Crippen molar-refractivity contribution in [1.29, 1.82) is 0 Å². The van der Waals surface area contributed by atoms with Gasteiger partial charge in [0.1, 0.15) is 0 Å². The van der Waals surface area contributed by atoms with Gasteiger partial charge in [-0.2, -0.15) is 0 Å². The zero-order chi connectivity index (χ0) is 12.8. The second-order valence-electron chi connectivity index (χ2n) is 4.03. The zero-order valence-electron chi connectivity index (χ0n) is 10.6. The standard InChI is InChI=1S/C13H21N3O/c1-3-10-9-11(5-6-12(10)14)16(4-2)8-7-13(15)17/h5-6,9H,3-4,7-8,14H2,1-2H3,(H2,15,17). The topological polar surface area (TPSA) is 72.3 Å². The first-order valence-corrected chi connectivity index (χ1v) is 6.00. The number of nitrogen functional groups attached to an aromatic ring is 1. The van der Waals surface area contributed by atoms with Crippen LogP contribution in [0.2, 0.25) is 0 Å². The predicted octanol–water partition coefficient (Wildman–Crippen LogP) is 1.53. The Balaban J connectivity index is 2.84. The van der Waals surface area contributed by atoms with E-state index in [4.69, 9.17) is 11.5 Å². The van der Waals surface area contributed by atoms with E-state index in [1.165, 1.54) is 0 Å². The lowest BCUT2D eigenvalue weighted by atomic mass is 10.1. The summed E-state index contributed by atoms with van der Waals surface area (Å²) in [6.07, 6.45) is 1.28. The highest BCUT2D eigenvalue weighted by molar-refractivity contribution is 5.74. The number of hydrogen-bond donors (Lipinski definition) is 2. The third-order valence-electron chi connectivity index (χ3n) is 2.88. The lowest BCUT2D eigenvalue weighted by molar-refractivity contribution is -0.117. The highest BCUT2D eigenvalue weighted by Gasteiger charge is 2.07. The van der Waals surface area contributed by atoms with Crippen molar-refractivity contribution >= 4 is 17.3 Å². The van der Waals surface area contributed by atoms with Gasteiger partial charge in [-0.05, 0) is 37.1 Å². The molecular formula is C13H21N3O. The van der Waals surface area contributed by atoms with Crippen LogP contribution in [0, 0.1) is 0 Å². The van der Waals surface area contributed by atoms with Crippen LogP contribution in [0.15, 0.2) is 18.2 Å². The van der Waals surface area contributed by atoms with Crippen LogP contribution in [0.25, 0.3) is 0 Å². The van der Waals surface area contributed by atoms with Gasteiger partial charge in [-0.3, -0.25) is 4.79 Å². The minimum absolute atomic E-state index is 0.269. The monoisotopic (exact) mass is 235 g/mol. The van der Waals surface area contributed by atoms with Crippen LogP contribution in [0.4, 0.5) is 11.4 Å². The number of primary amides is 1. The Morgan fingerprint density at radius 1 is 1.35 bits per heavy atom. The van der Waals surface area contributed by atoms with Gasteiger partial charge in [0.25, 0.3) is 0 Å². The molecule has 0 fully saturated rings. The van der Waals surface area contributed by atoms with Crippen molar-refractivity contribution < 1.29 is 4.79 Å². The molecule has 1 rings (SSSR count). The molecule has 0 aliphatic carbocycles. The average molecular weight is 235 g/mol.